The maximum Gasteiger partial charge on any atom is 0.230 e. The largest absolute Gasteiger partial charge is 0.497 e. The molecule has 2 aromatic carbocycles. The van der Waals surface area contributed by atoms with Gasteiger partial charge in [-0.05, 0) is 29.8 Å². The van der Waals surface area contributed by atoms with Gasteiger partial charge in [-0.15, -0.1) is 0 Å². The van der Waals surface area contributed by atoms with Gasteiger partial charge in [-0.1, -0.05) is 24.3 Å². The normalized spacial score (nSPS) is 14.6. The Labute approximate surface area is 185 Å². The number of hydrogen-bond donors (Lipinski definition) is 1. The minimum Gasteiger partial charge on any atom is -0.497 e. The number of hydrogen-bond acceptors (Lipinski definition) is 8. The second-order valence-corrected chi connectivity index (χ2v) is 6.78. The van der Waals surface area contributed by atoms with E-state index in [1.54, 1.807) is 37.4 Å². The standard InChI is InChI=1S/C24H24O8/c1-28-15-10-8-14(9-11-15)13-32-22-16(6-5-7-19(22)29-2)20(26)17-12-18(25)23(30-3)24(31-4)21(17)27/h5-12,20,26H,13H2,1-4H3. The minimum absolute atomic E-state index is 0.157. The first-order chi connectivity index (χ1) is 15.4. The van der Waals surface area contributed by atoms with Crippen molar-refractivity contribution in [2.75, 3.05) is 28.4 Å². The van der Waals surface area contributed by atoms with Crippen molar-refractivity contribution in [3.8, 4) is 17.2 Å². The molecule has 0 spiro atoms. The SMILES string of the molecule is COC1=C(OC)C(=O)C(C(O)c2cccc(OC)c2OCc2ccc(OC)cc2)=CC1=O. The van der Waals surface area contributed by atoms with Crippen LogP contribution >= 0.6 is 0 Å². The molecule has 0 saturated carbocycles. The Morgan fingerprint density at radius 3 is 2.12 bits per heavy atom. The zero-order valence-corrected chi connectivity index (χ0v) is 18.2. The fourth-order valence-electron chi connectivity index (χ4n) is 3.31. The van der Waals surface area contributed by atoms with E-state index in [1.807, 2.05) is 12.1 Å². The average Bonchev–Trinajstić information content (AvgIpc) is 2.83. The molecule has 1 unspecified atom stereocenters. The zero-order valence-electron chi connectivity index (χ0n) is 18.2. The third kappa shape index (κ3) is 4.45. The summed E-state index contributed by atoms with van der Waals surface area (Å²) in [6.07, 6.45) is -0.419. The molecule has 168 valence electrons. The monoisotopic (exact) mass is 440 g/mol. The second kappa shape index (κ2) is 10.0. The number of carbonyl (C=O) groups is 2. The lowest BCUT2D eigenvalue weighted by atomic mass is 9.91. The number of methoxy groups -OCH3 is 4. The summed E-state index contributed by atoms with van der Waals surface area (Å²) in [7, 11) is 5.57. The molecule has 3 rings (SSSR count). The van der Waals surface area contributed by atoms with Crippen molar-refractivity contribution in [3.05, 3.63) is 76.8 Å². The summed E-state index contributed by atoms with van der Waals surface area (Å²) in [5, 5.41) is 11.1. The van der Waals surface area contributed by atoms with Crippen LogP contribution in [0, 0.1) is 0 Å². The summed E-state index contributed by atoms with van der Waals surface area (Å²) in [5.41, 5.74) is 0.964. The zero-order chi connectivity index (χ0) is 23.3. The van der Waals surface area contributed by atoms with E-state index < -0.39 is 17.7 Å². The summed E-state index contributed by atoms with van der Waals surface area (Å²) >= 11 is 0. The highest BCUT2D eigenvalue weighted by Crippen LogP contribution is 2.39. The molecule has 8 nitrogen and oxygen atoms in total. The van der Waals surface area contributed by atoms with Gasteiger partial charge in [-0.25, -0.2) is 0 Å². The predicted octanol–water partition coefficient (Wildman–Crippen LogP) is 2.90. The smallest absolute Gasteiger partial charge is 0.230 e. The highest BCUT2D eigenvalue weighted by molar-refractivity contribution is 6.21. The van der Waals surface area contributed by atoms with Gasteiger partial charge in [0, 0.05) is 11.1 Å². The molecule has 32 heavy (non-hydrogen) atoms. The van der Waals surface area contributed by atoms with Crippen LogP contribution in [0.4, 0.5) is 0 Å². The Bertz CT molecular complexity index is 1070. The van der Waals surface area contributed by atoms with Crippen molar-refractivity contribution in [2.24, 2.45) is 0 Å². The molecule has 8 heteroatoms. The Balaban J connectivity index is 1.93. The summed E-state index contributed by atoms with van der Waals surface area (Å²) in [6.45, 7) is 0.174. The number of ketones is 2. The number of carbonyl (C=O) groups excluding carboxylic acids is 2. The number of aliphatic hydroxyl groups excluding tert-OH is 1. The summed E-state index contributed by atoms with van der Waals surface area (Å²) in [5.74, 6) is -0.382. The average molecular weight is 440 g/mol. The van der Waals surface area contributed by atoms with Crippen molar-refractivity contribution < 1.29 is 38.4 Å². The van der Waals surface area contributed by atoms with E-state index in [1.165, 1.54) is 21.3 Å². The number of rotatable bonds is 9. The van der Waals surface area contributed by atoms with Crippen LogP contribution in [0.25, 0.3) is 0 Å². The topological polar surface area (TPSA) is 101 Å². The fraction of sp³-hybridized carbons (Fsp3) is 0.250. The van der Waals surface area contributed by atoms with E-state index >= 15 is 0 Å². The van der Waals surface area contributed by atoms with Crippen molar-refractivity contribution in [1.29, 1.82) is 0 Å². The minimum atomic E-state index is -1.46. The molecule has 1 atom stereocenters. The van der Waals surface area contributed by atoms with Crippen LogP contribution in [0.5, 0.6) is 17.2 Å². The van der Waals surface area contributed by atoms with E-state index in [0.29, 0.717) is 11.5 Å². The van der Waals surface area contributed by atoms with Crippen molar-refractivity contribution >= 4 is 11.6 Å². The van der Waals surface area contributed by atoms with E-state index in [-0.39, 0.29) is 35.0 Å². The first-order valence-corrected chi connectivity index (χ1v) is 9.68. The first kappa shape index (κ1) is 22.9. The molecule has 0 aliphatic heterocycles. The van der Waals surface area contributed by atoms with E-state index in [2.05, 4.69) is 0 Å². The van der Waals surface area contributed by atoms with Crippen molar-refractivity contribution in [3.63, 3.8) is 0 Å². The molecule has 0 fully saturated rings. The van der Waals surface area contributed by atoms with Gasteiger partial charge in [-0.2, -0.15) is 0 Å². The molecule has 1 N–H and O–H groups in total. The third-order valence-corrected chi connectivity index (χ3v) is 4.95. The van der Waals surface area contributed by atoms with Crippen LogP contribution < -0.4 is 14.2 Å². The summed E-state index contributed by atoms with van der Waals surface area (Å²) < 4.78 is 26.6. The maximum absolute atomic E-state index is 12.9. The Hall–Kier alpha value is -3.78. The maximum atomic E-state index is 12.9. The highest BCUT2D eigenvalue weighted by Gasteiger charge is 2.35. The van der Waals surface area contributed by atoms with Gasteiger partial charge in [0.1, 0.15) is 18.5 Å². The molecule has 0 heterocycles. The fourth-order valence-corrected chi connectivity index (χ4v) is 3.31. The first-order valence-electron chi connectivity index (χ1n) is 9.68. The molecule has 1 aliphatic rings. The predicted molar refractivity (Wildman–Crippen MR) is 114 cm³/mol. The summed E-state index contributed by atoms with van der Waals surface area (Å²) in [6, 6.07) is 12.2. The van der Waals surface area contributed by atoms with Gasteiger partial charge < -0.3 is 28.8 Å². The van der Waals surface area contributed by atoms with Gasteiger partial charge in [0.2, 0.25) is 23.1 Å². The molecule has 0 amide bonds. The van der Waals surface area contributed by atoms with Gasteiger partial charge in [-0.3, -0.25) is 9.59 Å². The molecular weight excluding hydrogens is 416 g/mol. The van der Waals surface area contributed by atoms with Gasteiger partial charge in [0.25, 0.3) is 0 Å². The number of ether oxygens (including phenoxy) is 5. The lowest BCUT2D eigenvalue weighted by molar-refractivity contribution is -0.121. The molecule has 0 radical (unpaired) electrons. The van der Waals surface area contributed by atoms with Crippen LogP contribution in [-0.2, 0) is 25.7 Å². The van der Waals surface area contributed by atoms with Crippen LogP contribution in [0.1, 0.15) is 17.2 Å². The Kier molecular flexibility index (Phi) is 7.17. The molecule has 1 aliphatic carbocycles. The van der Waals surface area contributed by atoms with E-state index in [0.717, 1.165) is 11.6 Å². The van der Waals surface area contributed by atoms with Crippen molar-refractivity contribution in [2.45, 2.75) is 12.7 Å². The Morgan fingerprint density at radius 1 is 0.844 bits per heavy atom. The quantitative estimate of drug-likeness (QED) is 0.594. The molecular formula is C24H24O8. The molecule has 0 bridgehead atoms. The lowest BCUT2D eigenvalue weighted by Crippen LogP contribution is -2.25. The molecule has 2 aromatic rings. The third-order valence-electron chi connectivity index (χ3n) is 4.95. The lowest BCUT2D eigenvalue weighted by Gasteiger charge is -2.23. The number of benzene rings is 2. The number of para-hydroxylation sites is 1. The van der Waals surface area contributed by atoms with E-state index in [4.69, 9.17) is 23.7 Å². The van der Waals surface area contributed by atoms with Crippen LogP contribution in [0.3, 0.4) is 0 Å². The Morgan fingerprint density at radius 2 is 1.53 bits per heavy atom. The van der Waals surface area contributed by atoms with Crippen LogP contribution in [-0.4, -0.2) is 45.1 Å². The van der Waals surface area contributed by atoms with E-state index in [9.17, 15) is 14.7 Å². The van der Waals surface area contributed by atoms with Gasteiger partial charge in [0.15, 0.2) is 11.5 Å². The van der Waals surface area contributed by atoms with Crippen LogP contribution in [0.15, 0.2) is 65.6 Å². The highest BCUT2D eigenvalue weighted by atomic mass is 16.5. The van der Waals surface area contributed by atoms with Gasteiger partial charge in [0.05, 0.1) is 28.4 Å². The van der Waals surface area contributed by atoms with Crippen LogP contribution in [0.2, 0.25) is 0 Å². The molecule has 0 saturated heterocycles. The van der Waals surface area contributed by atoms with Gasteiger partial charge >= 0.3 is 0 Å². The van der Waals surface area contributed by atoms with Crippen molar-refractivity contribution in [1.82, 2.24) is 0 Å². The molecule has 0 aromatic heterocycles. The second-order valence-electron chi connectivity index (χ2n) is 6.78. The number of allylic oxidation sites excluding steroid dienone is 2. The number of Topliss-reactive ketones (excluding diaryl/α,β-unsaturated/α-hetero) is 1. The number of aliphatic hydroxyl groups is 1. The summed E-state index contributed by atoms with van der Waals surface area (Å²) in [4.78, 5) is 25.3.